The summed E-state index contributed by atoms with van der Waals surface area (Å²) in [6.45, 7) is 4.95. The number of amides is 1. The number of pyridine rings is 1. The Labute approximate surface area is 151 Å². The van der Waals surface area contributed by atoms with Crippen molar-refractivity contribution in [1.82, 2.24) is 20.1 Å². The van der Waals surface area contributed by atoms with E-state index in [1.165, 1.54) is 4.68 Å². The van der Waals surface area contributed by atoms with E-state index in [2.05, 4.69) is 15.4 Å². The Morgan fingerprint density at radius 3 is 2.54 bits per heavy atom. The molecule has 2 heterocycles. The van der Waals surface area contributed by atoms with Gasteiger partial charge in [0.15, 0.2) is 0 Å². The van der Waals surface area contributed by atoms with Crippen LogP contribution < -0.4 is 10.9 Å². The van der Waals surface area contributed by atoms with Gasteiger partial charge < -0.3 is 5.32 Å². The average molecular weight is 350 g/mol. The molecule has 6 heteroatoms. The van der Waals surface area contributed by atoms with Gasteiger partial charge in [0.2, 0.25) is 5.91 Å². The van der Waals surface area contributed by atoms with Gasteiger partial charge >= 0.3 is 0 Å². The molecule has 0 bridgehead atoms. The predicted molar refractivity (Wildman–Crippen MR) is 101 cm³/mol. The minimum atomic E-state index is -0.150. The summed E-state index contributed by atoms with van der Waals surface area (Å²) in [5.41, 5.74) is 1.29. The third-order valence-electron chi connectivity index (χ3n) is 4.00. The van der Waals surface area contributed by atoms with Crippen molar-refractivity contribution >= 4 is 16.7 Å². The molecule has 134 valence electrons. The van der Waals surface area contributed by atoms with Crippen molar-refractivity contribution < 1.29 is 4.79 Å². The number of nitrogens with one attached hydrogen (secondary N) is 1. The third kappa shape index (κ3) is 4.14. The van der Waals surface area contributed by atoms with Gasteiger partial charge in [0, 0.05) is 18.1 Å². The highest BCUT2D eigenvalue weighted by atomic mass is 16.1. The summed E-state index contributed by atoms with van der Waals surface area (Å²) >= 11 is 0. The fourth-order valence-electron chi connectivity index (χ4n) is 2.81. The largest absolute Gasteiger partial charge is 0.350 e. The predicted octanol–water partition coefficient (Wildman–Crippen LogP) is 2.31. The molecule has 0 spiro atoms. The Balaban J connectivity index is 1.85. The molecule has 3 rings (SSSR count). The van der Waals surface area contributed by atoms with Crippen LogP contribution in [0.3, 0.4) is 0 Å². The first-order valence-electron chi connectivity index (χ1n) is 8.70. The van der Waals surface area contributed by atoms with Gasteiger partial charge in [-0.15, -0.1) is 0 Å². The molecule has 3 aromatic rings. The fraction of sp³-hybridized carbons (Fsp3) is 0.300. The molecule has 0 radical (unpaired) electrons. The van der Waals surface area contributed by atoms with E-state index in [1.807, 2.05) is 50.2 Å². The second-order valence-electron chi connectivity index (χ2n) is 6.65. The van der Waals surface area contributed by atoms with E-state index in [9.17, 15) is 9.59 Å². The number of hydrogen-bond acceptors (Lipinski definition) is 4. The van der Waals surface area contributed by atoms with Crippen LogP contribution in [-0.4, -0.2) is 20.7 Å². The van der Waals surface area contributed by atoms with Crippen molar-refractivity contribution in [3.63, 3.8) is 0 Å². The zero-order chi connectivity index (χ0) is 18.5. The second kappa shape index (κ2) is 7.91. The molecule has 0 saturated heterocycles. The van der Waals surface area contributed by atoms with Gasteiger partial charge in [-0.25, -0.2) is 4.68 Å². The summed E-state index contributed by atoms with van der Waals surface area (Å²) in [7, 11) is 0. The molecule has 1 aromatic carbocycles. The van der Waals surface area contributed by atoms with Crippen LogP contribution in [0.25, 0.3) is 10.8 Å². The number of carbonyl (C=O) groups excluding carboxylic acids is 1. The SMILES string of the molecule is CC(C)Cn1nc(CC(=O)NCc2ccccn2)c2ccccc2c1=O. The van der Waals surface area contributed by atoms with E-state index in [4.69, 9.17) is 0 Å². The maximum atomic E-state index is 12.6. The van der Waals surface area contributed by atoms with Crippen LogP contribution in [0.2, 0.25) is 0 Å². The summed E-state index contributed by atoms with van der Waals surface area (Å²) in [5, 5.41) is 8.64. The molecule has 6 nitrogen and oxygen atoms in total. The lowest BCUT2D eigenvalue weighted by Crippen LogP contribution is -2.30. The van der Waals surface area contributed by atoms with Crippen LogP contribution in [0.1, 0.15) is 25.2 Å². The van der Waals surface area contributed by atoms with Gasteiger partial charge in [0.05, 0.1) is 29.7 Å². The minimum Gasteiger partial charge on any atom is -0.350 e. The standard InChI is InChI=1S/C20H22N4O2/c1-14(2)13-24-20(26)17-9-4-3-8-16(17)18(23-24)11-19(25)22-12-15-7-5-6-10-21-15/h3-10,14H,11-13H2,1-2H3,(H,22,25). The lowest BCUT2D eigenvalue weighted by atomic mass is 10.1. The van der Waals surface area contributed by atoms with Crippen LogP contribution in [0.5, 0.6) is 0 Å². The van der Waals surface area contributed by atoms with E-state index in [0.29, 0.717) is 24.2 Å². The molecule has 26 heavy (non-hydrogen) atoms. The molecule has 0 saturated carbocycles. The molecule has 1 N–H and O–H groups in total. The van der Waals surface area contributed by atoms with Gasteiger partial charge in [-0.05, 0) is 24.1 Å². The molecule has 0 aliphatic heterocycles. The first kappa shape index (κ1) is 17.8. The Morgan fingerprint density at radius 2 is 1.85 bits per heavy atom. The first-order valence-corrected chi connectivity index (χ1v) is 8.70. The van der Waals surface area contributed by atoms with E-state index in [0.717, 1.165) is 11.1 Å². The summed E-state index contributed by atoms with van der Waals surface area (Å²) in [6.07, 6.45) is 1.81. The maximum absolute atomic E-state index is 12.6. The Morgan fingerprint density at radius 1 is 1.12 bits per heavy atom. The van der Waals surface area contributed by atoms with Crippen LogP contribution in [0.4, 0.5) is 0 Å². The lowest BCUT2D eigenvalue weighted by Gasteiger charge is -2.12. The van der Waals surface area contributed by atoms with Crippen molar-refractivity contribution in [2.75, 3.05) is 0 Å². The highest BCUT2D eigenvalue weighted by Crippen LogP contribution is 2.14. The number of nitrogens with zero attached hydrogens (tertiary/aromatic N) is 3. The van der Waals surface area contributed by atoms with Gasteiger partial charge in [-0.3, -0.25) is 14.6 Å². The third-order valence-corrected chi connectivity index (χ3v) is 4.00. The topological polar surface area (TPSA) is 76.9 Å². The fourth-order valence-corrected chi connectivity index (χ4v) is 2.81. The summed E-state index contributed by atoms with van der Waals surface area (Å²) < 4.78 is 1.47. The quantitative estimate of drug-likeness (QED) is 0.740. The average Bonchev–Trinajstić information content (AvgIpc) is 2.64. The van der Waals surface area contributed by atoms with Crippen LogP contribution in [0, 0.1) is 5.92 Å². The van der Waals surface area contributed by atoms with Crippen molar-refractivity contribution in [1.29, 1.82) is 0 Å². The Bertz CT molecular complexity index is 964. The number of fused-ring (bicyclic) bond motifs is 1. The normalized spacial score (nSPS) is 11.0. The van der Waals surface area contributed by atoms with E-state index < -0.39 is 0 Å². The summed E-state index contributed by atoms with van der Waals surface area (Å²) in [4.78, 5) is 29.2. The number of carbonyl (C=O) groups is 1. The van der Waals surface area contributed by atoms with Gasteiger partial charge in [0.25, 0.3) is 5.56 Å². The monoisotopic (exact) mass is 350 g/mol. The highest BCUT2D eigenvalue weighted by molar-refractivity contribution is 5.88. The van der Waals surface area contributed by atoms with Crippen LogP contribution in [0.15, 0.2) is 53.5 Å². The summed E-state index contributed by atoms with van der Waals surface area (Å²) in [6, 6.07) is 12.9. The van der Waals surface area contributed by atoms with Gasteiger partial charge in [0.1, 0.15) is 0 Å². The summed E-state index contributed by atoms with van der Waals surface area (Å²) in [5.74, 6) is 0.134. The smallest absolute Gasteiger partial charge is 0.274 e. The molecule has 2 aromatic heterocycles. The van der Waals surface area contributed by atoms with Crippen molar-refractivity contribution in [2.45, 2.75) is 33.4 Å². The minimum absolute atomic E-state index is 0.117. The molecule has 0 fully saturated rings. The first-order chi connectivity index (χ1) is 12.5. The number of aromatic nitrogens is 3. The zero-order valence-electron chi connectivity index (χ0n) is 15.0. The van der Waals surface area contributed by atoms with Crippen molar-refractivity contribution in [3.8, 4) is 0 Å². The van der Waals surface area contributed by atoms with Gasteiger partial charge in [-0.2, -0.15) is 5.10 Å². The van der Waals surface area contributed by atoms with Gasteiger partial charge in [-0.1, -0.05) is 38.1 Å². The second-order valence-corrected chi connectivity index (χ2v) is 6.65. The highest BCUT2D eigenvalue weighted by Gasteiger charge is 2.14. The molecule has 1 amide bonds. The maximum Gasteiger partial charge on any atom is 0.274 e. The molecule has 0 aliphatic rings. The molecular formula is C20H22N4O2. The van der Waals surface area contributed by atoms with Crippen molar-refractivity contribution in [3.05, 3.63) is 70.4 Å². The van der Waals surface area contributed by atoms with E-state index in [-0.39, 0.29) is 23.8 Å². The number of rotatable bonds is 6. The molecule has 0 unspecified atom stereocenters. The molecular weight excluding hydrogens is 328 g/mol. The molecule has 0 aliphatic carbocycles. The number of benzene rings is 1. The van der Waals surface area contributed by atoms with E-state index >= 15 is 0 Å². The Hall–Kier alpha value is -3.02. The van der Waals surface area contributed by atoms with Crippen LogP contribution in [-0.2, 0) is 24.3 Å². The van der Waals surface area contributed by atoms with E-state index in [1.54, 1.807) is 12.3 Å². The lowest BCUT2D eigenvalue weighted by molar-refractivity contribution is -0.120. The van der Waals surface area contributed by atoms with Crippen molar-refractivity contribution in [2.24, 2.45) is 5.92 Å². The zero-order valence-corrected chi connectivity index (χ0v) is 15.0. The van der Waals surface area contributed by atoms with Crippen LogP contribution >= 0.6 is 0 Å². The Kier molecular flexibility index (Phi) is 5.41. The molecule has 0 atom stereocenters. The number of hydrogen-bond donors (Lipinski definition) is 1.